The van der Waals surface area contributed by atoms with Crippen LogP contribution in [-0.4, -0.2) is 56.1 Å². The van der Waals surface area contributed by atoms with E-state index in [1.165, 1.54) is 9.87 Å². The molecule has 0 N–H and O–H groups in total. The van der Waals surface area contributed by atoms with E-state index in [0.717, 1.165) is 6.42 Å². The molecule has 1 saturated heterocycles. The lowest BCUT2D eigenvalue weighted by atomic mass is 10.1. The molecule has 1 heterocycles. The number of rotatable bonds is 6. The first-order valence-electron chi connectivity index (χ1n) is 8.90. The fourth-order valence-electron chi connectivity index (χ4n) is 3.09. The zero-order valence-electron chi connectivity index (χ0n) is 15.0. The van der Waals surface area contributed by atoms with Gasteiger partial charge >= 0.3 is 0 Å². The van der Waals surface area contributed by atoms with Crippen LogP contribution in [0.5, 0.6) is 0 Å². The zero-order valence-corrected chi connectivity index (χ0v) is 15.8. The third-order valence-corrected chi connectivity index (χ3v) is 6.68. The predicted octanol–water partition coefficient (Wildman–Crippen LogP) is 2.44. The van der Waals surface area contributed by atoms with Gasteiger partial charge in [-0.05, 0) is 24.1 Å². The highest BCUT2D eigenvalue weighted by Gasteiger charge is 2.28. The molecule has 1 aliphatic heterocycles. The summed E-state index contributed by atoms with van der Waals surface area (Å²) in [5.41, 5.74) is 1.92. The van der Waals surface area contributed by atoms with Crippen molar-refractivity contribution in [1.82, 2.24) is 9.21 Å². The van der Waals surface area contributed by atoms with E-state index in [2.05, 4.69) is 6.92 Å². The van der Waals surface area contributed by atoms with E-state index in [0.29, 0.717) is 43.2 Å². The molecule has 6 heteroatoms. The van der Waals surface area contributed by atoms with Crippen LogP contribution < -0.4 is 0 Å². The number of hydrogen-bond donors (Lipinski definition) is 0. The van der Waals surface area contributed by atoms with Gasteiger partial charge in [-0.1, -0.05) is 49.4 Å². The van der Waals surface area contributed by atoms with Crippen LogP contribution in [0.3, 0.4) is 0 Å². The van der Waals surface area contributed by atoms with Crippen LogP contribution in [0.4, 0.5) is 0 Å². The van der Waals surface area contributed by atoms with E-state index in [-0.39, 0.29) is 5.78 Å². The molecule has 0 amide bonds. The van der Waals surface area contributed by atoms with E-state index in [1.807, 2.05) is 29.2 Å². The summed E-state index contributed by atoms with van der Waals surface area (Å²) in [7, 11) is -3.45. The molecule has 3 rings (SSSR count). The van der Waals surface area contributed by atoms with Crippen molar-refractivity contribution in [2.75, 3.05) is 32.7 Å². The molecule has 1 aliphatic rings. The number of hydrogen-bond acceptors (Lipinski definition) is 4. The summed E-state index contributed by atoms with van der Waals surface area (Å²) in [6.45, 7) is 4.33. The second-order valence-electron chi connectivity index (χ2n) is 6.47. The van der Waals surface area contributed by atoms with E-state index >= 15 is 0 Å². The summed E-state index contributed by atoms with van der Waals surface area (Å²) >= 11 is 0. The molecular weight excluding hydrogens is 348 g/mol. The number of carbonyl (C=O) groups excluding carboxylic acids is 1. The van der Waals surface area contributed by atoms with Crippen molar-refractivity contribution < 1.29 is 13.2 Å². The Morgan fingerprint density at radius 1 is 0.923 bits per heavy atom. The molecule has 0 aliphatic carbocycles. The molecule has 1 fully saturated rings. The summed E-state index contributed by atoms with van der Waals surface area (Å²) in [6, 6.07) is 16.2. The highest BCUT2D eigenvalue weighted by Crippen LogP contribution is 2.17. The molecule has 2 aromatic rings. The molecule has 0 spiro atoms. The standard InChI is InChI=1S/C20H24N2O3S/c1-2-17-8-10-18(11-9-17)20(23)16-21-12-14-22(15-13-21)26(24,25)19-6-4-3-5-7-19/h3-11H,2,12-16H2,1H3. The molecule has 0 bridgehead atoms. The van der Waals surface area contributed by atoms with E-state index < -0.39 is 10.0 Å². The van der Waals surface area contributed by atoms with Gasteiger partial charge in [0.05, 0.1) is 11.4 Å². The fourth-order valence-corrected chi connectivity index (χ4v) is 4.53. The number of sulfonamides is 1. The van der Waals surface area contributed by atoms with Crippen LogP contribution in [0.2, 0.25) is 0 Å². The SMILES string of the molecule is CCc1ccc(C(=O)CN2CCN(S(=O)(=O)c3ccccc3)CC2)cc1. The van der Waals surface area contributed by atoms with Crippen LogP contribution >= 0.6 is 0 Å². The smallest absolute Gasteiger partial charge is 0.243 e. The Hall–Kier alpha value is -2.02. The number of ketones is 1. The van der Waals surface area contributed by atoms with Crippen LogP contribution in [-0.2, 0) is 16.4 Å². The van der Waals surface area contributed by atoms with Gasteiger partial charge in [0.25, 0.3) is 0 Å². The number of nitrogens with zero attached hydrogens (tertiary/aromatic N) is 2. The molecule has 0 radical (unpaired) electrons. The van der Waals surface area contributed by atoms with Gasteiger partial charge in [-0.25, -0.2) is 8.42 Å². The second-order valence-corrected chi connectivity index (χ2v) is 8.40. The Kier molecular flexibility index (Phi) is 5.86. The monoisotopic (exact) mass is 372 g/mol. The number of benzene rings is 2. The lowest BCUT2D eigenvalue weighted by Crippen LogP contribution is -2.49. The maximum atomic E-state index is 12.6. The van der Waals surface area contributed by atoms with Gasteiger partial charge in [0, 0.05) is 31.7 Å². The third-order valence-electron chi connectivity index (χ3n) is 4.76. The van der Waals surface area contributed by atoms with Gasteiger partial charge in [-0.2, -0.15) is 4.31 Å². The highest BCUT2D eigenvalue weighted by molar-refractivity contribution is 7.89. The summed E-state index contributed by atoms with van der Waals surface area (Å²) in [4.78, 5) is 14.8. The second kappa shape index (κ2) is 8.12. The summed E-state index contributed by atoms with van der Waals surface area (Å²) < 4.78 is 26.8. The Morgan fingerprint density at radius 2 is 1.54 bits per heavy atom. The van der Waals surface area contributed by atoms with Gasteiger partial charge < -0.3 is 0 Å². The summed E-state index contributed by atoms with van der Waals surface area (Å²) in [5, 5.41) is 0. The largest absolute Gasteiger partial charge is 0.293 e. The van der Waals surface area contributed by atoms with Crippen molar-refractivity contribution in [3.8, 4) is 0 Å². The van der Waals surface area contributed by atoms with Gasteiger partial charge in [-0.15, -0.1) is 0 Å². The van der Waals surface area contributed by atoms with Crippen molar-refractivity contribution in [3.63, 3.8) is 0 Å². The van der Waals surface area contributed by atoms with E-state index in [9.17, 15) is 13.2 Å². The number of carbonyl (C=O) groups is 1. The van der Waals surface area contributed by atoms with Crippen molar-refractivity contribution in [3.05, 3.63) is 65.7 Å². The lowest BCUT2D eigenvalue weighted by molar-refractivity contribution is 0.0901. The van der Waals surface area contributed by atoms with E-state index in [4.69, 9.17) is 0 Å². The molecule has 138 valence electrons. The Labute approximate surface area is 155 Å². The molecule has 0 atom stereocenters. The first-order chi connectivity index (χ1) is 12.5. The molecule has 5 nitrogen and oxygen atoms in total. The molecule has 26 heavy (non-hydrogen) atoms. The molecule has 0 unspecified atom stereocenters. The maximum Gasteiger partial charge on any atom is 0.243 e. The summed E-state index contributed by atoms with van der Waals surface area (Å²) in [6.07, 6.45) is 0.951. The van der Waals surface area contributed by atoms with Crippen molar-refractivity contribution in [2.24, 2.45) is 0 Å². The lowest BCUT2D eigenvalue weighted by Gasteiger charge is -2.33. The minimum Gasteiger partial charge on any atom is -0.293 e. The topological polar surface area (TPSA) is 57.7 Å². The average molecular weight is 372 g/mol. The van der Waals surface area contributed by atoms with Crippen molar-refractivity contribution in [2.45, 2.75) is 18.2 Å². The zero-order chi connectivity index (χ0) is 18.6. The first-order valence-corrected chi connectivity index (χ1v) is 10.3. The van der Waals surface area contributed by atoms with Gasteiger partial charge in [-0.3, -0.25) is 9.69 Å². The van der Waals surface area contributed by atoms with Crippen LogP contribution in [0.25, 0.3) is 0 Å². The Morgan fingerprint density at radius 3 is 2.12 bits per heavy atom. The van der Waals surface area contributed by atoms with Crippen LogP contribution in [0.1, 0.15) is 22.8 Å². The highest BCUT2D eigenvalue weighted by atomic mass is 32.2. The maximum absolute atomic E-state index is 12.6. The van der Waals surface area contributed by atoms with Gasteiger partial charge in [0.1, 0.15) is 0 Å². The molecular formula is C20H24N2O3S. The number of Topliss-reactive ketones (excluding diaryl/α,β-unsaturated/α-hetero) is 1. The molecule has 2 aromatic carbocycles. The van der Waals surface area contributed by atoms with Crippen molar-refractivity contribution >= 4 is 15.8 Å². The van der Waals surface area contributed by atoms with Crippen LogP contribution in [0.15, 0.2) is 59.5 Å². The number of piperazine rings is 1. The normalized spacial score (nSPS) is 16.5. The molecule has 0 saturated carbocycles. The minimum atomic E-state index is -3.45. The first kappa shape index (κ1) is 18.8. The van der Waals surface area contributed by atoms with E-state index in [1.54, 1.807) is 30.3 Å². The van der Waals surface area contributed by atoms with Crippen molar-refractivity contribution in [1.29, 1.82) is 0 Å². The quantitative estimate of drug-likeness (QED) is 0.731. The van der Waals surface area contributed by atoms with Gasteiger partial charge in [0.2, 0.25) is 10.0 Å². The molecule has 0 aromatic heterocycles. The predicted molar refractivity (Wildman–Crippen MR) is 102 cm³/mol. The minimum absolute atomic E-state index is 0.0759. The summed E-state index contributed by atoms with van der Waals surface area (Å²) in [5.74, 6) is 0.0759. The van der Waals surface area contributed by atoms with Crippen LogP contribution in [0, 0.1) is 0 Å². The Bertz CT molecular complexity index is 840. The van der Waals surface area contributed by atoms with Gasteiger partial charge in [0.15, 0.2) is 5.78 Å². The average Bonchev–Trinajstić information content (AvgIpc) is 2.69. The third kappa shape index (κ3) is 4.20. The number of aryl methyl sites for hydroxylation is 1. The fraction of sp³-hybridized carbons (Fsp3) is 0.350. The Balaban J connectivity index is 1.57.